The molecule has 0 aliphatic carbocycles. The average molecular weight is 543 g/mol. The minimum atomic E-state index is -0.720. The number of hydrogen-bond acceptors (Lipinski definition) is 7. The summed E-state index contributed by atoms with van der Waals surface area (Å²) >= 11 is 0. The lowest BCUT2D eigenvalue weighted by Gasteiger charge is -2.23. The van der Waals surface area contributed by atoms with Crippen molar-refractivity contribution in [1.82, 2.24) is 10.3 Å². The Morgan fingerprint density at radius 3 is 2.40 bits per heavy atom. The predicted molar refractivity (Wildman–Crippen MR) is 160 cm³/mol. The molecule has 1 unspecified atom stereocenters. The highest BCUT2D eigenvalue weighted by Gasteiger charge is 2.23. The standard InChI is InChI=1S/C32H38N4O4/c1-6-38-29-18-23(11-14-28(29)40-21(4)5)30(36-25-12-13-26-22(17-25)15-16-34-31(26)33)32(37)35-19-24-9-7-8-10-27(24)39-20(2)3/h7-18,20-21,30,36H,6,19H2,1-5H3,(H2,33,34)(H,35,37). The third kappa shape index (κ3) is 7.14. The van der Waals surface area contributed by atoms with E-state index in [4.69, 9.17) is 19.9 Å². The molecule has 210 valence electrons. The Bertz CT molecular complexity index is 1450. The summed E-state index contributed by atoms with van der Waals surface area (Å²) in [6.07, 6.45) is 1.67. The highest BCUT2D eigenvalue weighted by atomic mass is 16.5. The summed E-state index contributed by atoms with van der Waals surface area (Å²) in [7, 11) is 0. The number of carbonyl (C=O) groups excluding carboxylic acids is 1. The van der Waals surface area contributed by atoms with Crippen LogP contribution in [0.2, 0.25) is 0 Å². The zero-order valence-corrected chi connectivity index (χ0v) is 23.7. The smallest absolute Gasteiger partial charge is 0.247 e. The molecule has 0 aliphatic rings. The number of ether oxygens (including phenoxy) is 3. The van der Waals surface area contributed by atoms with Crippen LogP contribution in [0.25, 0.3) is 10.8 Å². The number of para-hydroxylation sites is 1. The number of nitrogens with zero attached hydrogens (tertiary/aromatic N) is 1. The summed E-state index contributed by atoms with van der Waals surface area (Å²) in [6.45, 7) is 10.6. The molecule has 4 aromatic rings. The number of nitrogen functional groups attached to an aromatic ring is 1. The fraction of sp³-hybridized carbons (Fsp3) is 0.312. The van der Waals surface area contributed by atoms with Gasteiger partial charge in [0.05, 0.1) is 18.8 Å². The summed E-state index contributed by atoms with van der Waals surface area (Å²) in [6, 6.07) is 20.2. The molecule has 4 N–H and O–H groups in total. The van der Waals surface area contributed by atoms with Crippen molar-refractivity contribution in [3.05, 3.63) is 84.1 Å². The number of carbonyl (C=O) groups is 1. The van der Waals surface area contributed by atoms with E-state index in [0.717, 1.165) is 33.3 Å². The van der Waals surface area contributed by atoms with E-state index in [1.165, 1.54) is 0 Å². The van der Waals surface area contributed by atoms with Crippen LogP contribution in [0.15, 0.2) is 72.9 Å². The Morgan fingerprint density at radius 1 is 0.900 bits per heavy atom. The van der Waals surface area contributed by atoms with E-state index >= 15 is 0 Å². The molecule has 8 nitrogen and oxygen atoms in total. The number of amides is 1. The number of hydrogen-bond donors (Lipinski definition) is 3. The van der Waals surface area contributed by atoms with E-state index in [9.17, 15) is 4.79 Å². The number of aromatic nitrogens is 1. The number of anilines is 2. The summed E-state index contributed by atoms with van der Waals surface area (Å²) < 4.78 is 17.8. The van der Waals surface area contributed by atoms with E-state index in [1.54, 1.807) is 6.20 Å². The van der Waals surface area contributed by atoms with Crippen LogP contribution in [-0.2, 0) is 11.3 Å². The number of pyridine rings is 1. The van der Waals surface area contributed by atoms with Gasteiger partial charge in [0, 0.05) is 29.4 Å². The van der Waals surface area contributed by atoms with Gasteiger partial charge in [0.25, 0.3) is 0 Å². The fourth-order valence-electron chi connectivity index (χ4n) is 4.38. The van der Waals surface area contributed by atoms with Crippen molar-refractivity contribution in [2.75, 3.05) is 17.7 Å². The topological polar surface area (TPSA) is 108 Å². The van der Waals surface area contributed by atoms with Gasteiger partial charge in [0.2, 0.25) is 5.91 Å². The lowest BCUT2D eigenvalue weighted by atomic mass is 10.0. The normalized spacial score (nSPS) is 11.9. The van der Waals surface area contributed by atoms with Crippen molar-refractivity contribution in [2.45, 2.75) is 59.4 Å². The molecule has 1 aromatic heterocycles. The highest BCUT2D eigenvalue weighted by Crippen LogP contribution is 2.33. The first kappa shape index (κ1) is 28.5. The zero-order valence-electron chi connectivity index (χ0n) is 23.7. The number of nitrogens with one attached hydrogen (secondary N) is 2. The number of nitrogens with two attached hydrogens (primary N) is 1. The molecular formula is C32H38N4O4. The quantitative estimate of drug-likeness (QED) is 0.194. The SMILES string of the molecule is CCOc1cc(C(Nc2ccc3c(N)nccc3c2)C(=O)NCc2ccccc2OC(C)C)ccc1OC(C)C. The van der Waals surface area contributed by atoms with Crippen molar-refractivity contribution in [3.63, 3.8) is 0 Å². The van der Waals surface area contributed by atoms with Gasteiger partial charge in [-0.15, -0.1) is 0 Å². The molecule has 0 radical (unpaired) electrons. The fourth-order valence-corrected chi connectivity index (χ4v) is 4.38. The van der Waals surface area contributed by atoms with E-state index in [2.05, 4.69) is 15.6 Å². The van der Waals surface area contributed by atoms with Gasteiger partial charge in [-0.3, -0.25) is 4.79 Å². The molecule has 1 amide bonds. The Kier molecular flexibility index (Phi) is 9.32. The van der Waals surface area contributed by atoms with E-state index in [-0.39, 0.29) is 18.1 Å². The summed E-state index contributed by atoms with van der Waals surface area (Å²) in [5.74, 6) is 2.22. The average Bonchev–Trinajstić information content (AvgIpc) is 2.92. The van der Waals surface area contributed by atoms with Crippen molar-refractivity contribution in [1.29, 1.82) is 0 Å². The largest absolute Gasteiger partial charge is 0.491 e. The van der Waals surface area contributed by atoms with E-state index in [0.29, 0.717) is 30.5 Å². The van der Waals surface area contributed by atoms with Crippen LogP contribution in [-0.4, -0.2) is 29.7 Å². The molecule has 0 aliphatic heterocycles. The van der Waals surface area contributed by atoms with Crippen LogP contribution in [0.1, 0.15) is 51.8 Å². The third-order valence-electron chi connectivity index (χ3n) is 6.12. The van der Waals surface area contributed by atoms with Crippen LogP contribution in [0, 0.1) is 0 Å². The van der Waals surface area contributed by atoms with Crippen molar-refractivity contribution in [2.24, 2.45) is 0 Å². The van der Waals surface area contributed by atoms with Gasteiger partial charge in [-0.25, -0.2) is 4.98 Å². The van der Waals surface area contributed by atoms with Crippen LogP contribution in [0.4, 0.5) is 11.5 Å². The molecule has 0 bridgehead atoms. The molecular weight excluding hydrogens is 504 g/mol. The van der Waals surface area contributed by atoms with Gasteiger partial charge in [0.1, 0.15) is 17.6 Å². The number of benzene rings is 3. The molecule has 0 spiro atoms. The Balaban J connectivity index is 1.66. The summed E-state index contributed by atoms with van der Waals surface area (Å²) in [4.78, 5) is 18.0. The Labute approximate surface area is 235 Å². The van der Waals surface area contributed by atoms with E-state index in [1.807, 2.05) is 101 Å². The Hall–Kier alpha value is -4.46. The van der Waals surface area contributed by atoms with Gasteiger partial charge >= 0.3 is 0 Å². The molecule has 4 rings (SSSR count). The minimum Gasteiger partial charge on any atom is -0.491 e. The summed E-state index contributed by atoms with van der Waals surface area (Å²) in [5.41, 5.74) is 8.44. The lowest BCUT2D eigenvalue weighted by molar-refractivity contribution is -0.122. The van der Waals surface area contributed by atoms with Crippen LogP contribution >= 0.6 is 0 Å². The molecule has 40 heavy (non-hydrogen) atoms. The molecule has 8 heteroatoms. The van der Waals surface area contributed by atoms with Gasteiger partial charge < -0.3 is 30.6 Å². The number of rotatable bonds is 12. The van der Waals surface area contributed by atoms with Crippen molar-refractivity contribution >= 4 is 28.2 Å². The van der Waals surface area contributed by atoms with Gasteiger partial charge in [-0.1, -0.05) is 24.3 Å². The second-order valence-electron chi connectivity index (χ2n) is 10.0. The Morgan fingerprint density at radius 2 is 1.65 bits per heavy atom. The molecule has 0 saturated carbocycles. The second-order valence-corrected chi connectivity index (χ2v) is 10.0. The maximum atomic E-state index is 13.8. The second kappa shape index (κ2) is 13.1. The highest BCUT2D eigenvalue weighted by molar-refractivity contribution is 5.94. The zero-order chi connectivity index (χ0) is 28.6. The lowest BCUT2D eigenvalue weighted by Crippen LogP contribution is -2.33. The third-order valence-corrected chi connectivity index (χ3v) is 6.12. The first-order valence-electron chi connectivity index (χ1n) is 13.6. The van der Waals surface area contributed by atoms with Gasteiger partial charge in [-0.2, -0.15) is 0 Å². The van der Waals surface area contributed by atoms with Gasteiger partial charge in [0.15, 0.2) is 11.5 Å². The molecule has 0 saturated heterocycles. The maximum absolute atomic E-state index is 13.8. The molecule has 1 atom stereocenters. The van der Waals surface area contributed by atoms with Crippen molar-refractivity contribution in [3.8, 4) is 17.2 Å². The molecule has 3 aromatic carbocycles. The maximum Gasteiger partial charge on any atom is 0.247 e. The van der Waals surface area contributed by atoms with Crippen LogP contribution in [0.5, 0.6) is 17.2 Å². The van der Waals surface area contributed by atoms with E-state index < -0.39 is 6.04 Å². The monoisotopic (exact) mass is 542 g/mol. The molecule has 1 heterocycles. The first-order valence-corrected chi connectivity index (χ1v) is 13.6. The van der Waals surface area contributed by atoms with Crippen LogP contribution in [0.3, 0.4) is 0 Å². The summed E-state index contributed by atoms with van der Waals surface area (Å²) in [5, 5.41) is 8.29. The minimum absolute atomic E-state index is 0.0186. The number of fused-ring (bicyclic) bond motifs is 1. The van der Waals surface area contributed by atoms with Gasteiger partial charge in [-0.05, 0) is 88.0 Å². The predicted octanol–water partition coefficient (Wildman–Crippen LogP) is 6.26. The van der Waals surface area contributed by atoms with Crippen LogP contribution < -0.4 is 30.6 Å². The van der Waals surface area contributed by atoms with Crippen molar-refractivity contribution < 1.29 is 19.0 Å². The first-order chi connectivity index (χ1) is 19.2. The molecule has 0 fully saturated rings.